The molecule has 0 spiro atoms. The predicted octanol–water partition coefficient (Wildman–Crippen LogP) is 4.17. The number of ketones is 1. The fraction of sp³-hybridized carbons (Fsp3) is 0. The number of aromatic nitrogens is 2. The van der Waals surface area contributed by atoms with Crippen molar-refractivity contribution in [2.24, 2.45) is 0 Å². The average molecular weight is 370 g/mol. The summed E-state index contributed by atoms with van der Waals surface area (Å²) in [5, 5.41) is 0. The van der Waals surface area contributed by atoms with E-state index in [9.17, 15) is 9.59 Å². The smallest absolute Gasteiger partial charge is 0.255 e. The van der Waals surface area contributed by atoms with Crippen LogP contribution in [0, 0.1) is 0 Å². The van der Waals surface area contributed by atoms with Gasteiger partial charge < -0.3 is 13.2 Å². The normalized spacial score (nSPS) is 11.1. The Morgan fingerprint density at radius 1 is 0.821 bits per heavy atom. The standard InChI is InChI=1S/C22H14N2O4/c25-18-10-2-4-12-24(18)20-15-7-1-3-11-23(15)21(19(20)16-8-5-13-27-16)22(26)17-9-6-14-28-17/h1-14H. The Morgan fingerprint density at radius 3 is 2.36 bits per heavy atom. The third-order valence-electron chi connectivity index (χ3n) is 4.61. The largest absolute Gasteiger partial charge is 0.464 e. The maximum atomic E-state index is 13.3. The number of pyridine rings is 2. The molecule has 0 N–H and O–H groups in total. The van der Waals surface area contributed by atoms with Gasteiger partial charge in [-0.15, -0.1) is 0 Å². The number of hydrogen-bond acceptors (Lipinski definition) is 4. The minimum absolute atomic E-state index is 0.205. The van der Waals surface area contributed by atoms with E-state index < -0.39 is 0 Å². The van der Waals surface area contributed by atoms with Crippen LogP contribution in [0.4, 0.5) is 0 Å². The Hall–Kier alpha value is -4.06. The molecule has 136 valence electrons. The zero-order valence-electron chi connectivity index (χ0n) is 14.6. The van der Waals surface area contributed by atoms with Gasteiger partial charge in [-0.05, 0) is 42.5 Å². The molecule has 6 nitrogen and oxygen atoms in total. The van der Waals surface area contributed by atoms with Gasteiger partial charge in [0, 0.05) is 18.5 Å². The van der Waals surface area contributed by atoms with Gasteiger partial charge in [0.2, 0.25) is 5.78 Å². The summed E-state index contributed by atoms with van der Waals surface area (Å²) >= 11 is 0. The summed E-state index contributed by atoms with van der Waals surface area (Å²) in [5.74, 6) is 0.403. The summed E-state index contributed by atoms with van der Waals surface area (Å²) in [6, 6.07) is 17.3. The van der Waals surface area contributed by atoms with E-state index in [4.69, 9.17) is 8.83 Å². The molecule has 5 aromatic rings. The Kier molecular flexibility index (Phi) is 3.62. The van der Waals surface area contributed by atoms with Gasteiger partial charge >= 0.3 is 0 Å². The second-order valence-corrected chi connectivity index (χ2v) is 6.22. The number of nitrogens with zero attached hydrogens (tertiary/aromatic N) is 2. The van der Waals surface area contributed by atoms with Crippen LogP contribution in [0.1, 0.15) is 16.2 Å². The van der Waals surface area contributed by atoms with Crippen LogP contribution in [-0.4, -0.2) is 14.8 Å². The van der Waals surface area contributed by atoms with Crippen molar-refractivity contribution in [2.75, 3.05) is 0 Å². The van der Waals surface area contributed by atoms with Crippen LogP contribution in [0.3, 0.4) is 0 Å². The summed E-state index contributed by atoms with van der Waals surface area (Å²) in [6.45, 7) is 0. The highest BCUT2D eigenvalue weighted by molar-refractivity contribution is 6.13. The molecule has 0 saturated carbocycles. The number of furan rings is 2. The van der Waals surface area contributed by atoms with Crippen molar-refractivity contribution in [2.45, 2.75) is 0 Å². The van der Waals surface area contributed by atoms with E-state index in [0.29, 0.717) is 28.2 Å². The van der Waals surface area contributed by atoms with Gasteiger partial charge in [0.25, 0.3) is 5.56 Å². The molecule has 6 heteroatoms. The fourth-order valence-corrected chi connectivity index (χ4v) is 3.45. The van der Waals surface area contributed by atoms with Gasteiger partial charge in [0.15, 0.2) is 5.76 Å². The molecule has 0 bridgehead atoms. The minimum Gasteiger partial charge on any atom is -0.464 e. The molecule has 0 unspecified atom stereocenters. The molecule has 0 aliphatic heterocycles. The Balaban J connectivity index is 1.95. The number of carbonyl (C=O) groups excluding carboxylic acids is 1. The Labute approximate surface area is 158 Å². The lowest BCUT2D eigenvalue weighted by Crippen LogP contribution is -2.16. The van der Waals surface area contributed by atoms with E-state index in [2.05, 4.69) is 0 Å². The Morgan fingerprint density at radius 2 is 1.61 bits per heavy atom. The number of fused-ring (bicyclic) bond motifs is 1. The third kappa shape index (κ3) is 2.35. The quantitative estimate of drug-likeness (QED) is 0.445. The zero-order valence-corrected chi connectivity index (χ0v) is 14.6. The molecule has 28 heavy (non-hydrogen) atoms. The second-order valence-electron chi connectivity index (χ2n) is 6.22. The fourth-order valence-electron chi connectivity index (χ4n) is 3.45. The van der Waals surface area contributed by atoms with Crippen molar-refractivity contribution in [3.63, 3.8) is 0 Å². The van der Waals surface area contributed by atoms with E-state index in [1.54, 1.807) is 53.2 Å². The van der Waals surface area contributed by atoms with E-state index in [1.807, 2.05) is 18.2 Å². The third-order valence-corrected chi connectivity index (χ3v) is 4.61. The first-order chi connectivity index (χ1) is 13.8. The zero-order chi connectivity index (χ0) is 19.1. The first-order valence-corrected chi connectivity index (χ1v) is 8.69. The van der Waals surface area contributed by atoms with Crippen molar-refractivity contribution in [3.05, 3.63) is 107 Å². The molecule has 0 amide bonds. The first-order valence-electron chi connectivity index (χ1n) is 8.69. The molecule has 0 saturated heterocycles. The molecule has 0 aromatic carbocycles. The summed E-state index contributed by atoms with van der Waals surface area (Å²) in [7, 11) is 0. The summed E-state index contributed by atoms with van der Waals surface area (Å²) < 4.78 is 14.3. The number of rotatable bonds is 4. The van der Waals surface area contributed by atoms with Gasteiger partial charge in [0.05, 0.1) is 29.3 Å². The maximum absolute atomic E-state index is 13.3. The first kappa shape index (κ1) is 16.1. The number of carbonyl (C=O) groups is 1. The van der Waals surface area contributed by atoms with Crippen LogP contribution in [0.5, 0.6) is 0 Å². The summed E-state index contributed by atoms with van der Waals surface area (Å²) in [4.78, 5) is 25.9. The highest BCUT2D eigenvalue weighted by Crippen LogP contribution is 2.37. The van der Waals surface area contributed by atoms with Gasteiger partial charge in [-0.2, -0.15) is 0 Å². The lowest BCUT2D eigenvalue weighted by atomic mass is 10.1. The van der Waals surface area contributed by atoms with Crippen LogP contribution < -0.4 is 5.56 Å². The molecule has 0 atom stereocenters. The van der Waals surface area contributed by atoms with Crippen LogP contribution in [0.2, 0.25) is 0 Å². The van der Waals surface area contributed by atoms with E-state index in [0.717, 1.165) is 0 Å². The van der Waals surface area contributed by atoms with Crippen molar-refractivity contribution in [1.29, 1.82) is 0 Å². The summed E-state index contributed by atoms with van der Waals surface area (Å²) in [6.07, 6.45) is 6.46. The van der Waals surface area contributed by atoms with Crippen LogP contribution in [0.25, 0.3) is 22.5 Å². The molecular formula is C22H14N2O4. The van der Waals surface area contributed by atoms with Gasteiger partial charge in [-0.1, -0.05) is 12.1 Å². The minimum atomic E-state index is -0.298. The lowest BCUT2D eigenvalue weighted by molar-refractivity contribution is 0.100. The Bertz CT molecular complexity index is 1340. The van der Waals surface area contributed by atoms with E-state index in [1.165, 1.54) is 23.2 Å². The van der Waals surface area contributed by atoms with Crippen molar-refractivity contribution >= 4 is 11.3 Å². The lowest BCUT2D eigenvalue weighted by Gasteiger charge is -2.07. The molecule has 5 heterocycles. The molecule has 0 radical (unpaired) electrons. The molecular weight excluding hydrogens is 356 g/mol. The molecule has 5 aromatic heterocycles. The summed E-state index contributed by atoms with van der Waals surface area (Å²) in [5.41, 5.74) is 1.98. The second kappa shape index (κ2) is 6.28. The van der Waals surface area contributed by atoms with E-state index >= 15 is 0 Å². The monoisotopic (exact) mass is 370 g/mol. The van der Waals surface area contributed by atoms with Crippen LogP contribution >= 0.6 is 0 Å². The predicted molar refractivity (Wildman–Crippen MR) is 103 cm³/mol. The number of hydrogen-bond donors (Lipinski definition) is 0. The van der Waals surface area contributed by atoms with Crippen molar-refractivity contribution in [3.8, 4) is 17.0 Å². The maximum Gasteiger partial charge on any atom is 0.255 e. The molecule has 5 rings (SSSR count). The average Bonchev–Trinajstić information content (AvgIpc) is 3.47. The molecule has 0 aliphatic carbocycles. The van der Waals surface area contributed by atoms with Gasteiger partial charge in [-0.25, -0.2) is 0 Å². The SMILES string of the molecule is O=C(c1ccco1)c1c(-c2ccco2)c(-n2ccccc2=O)c2ccccn12. The van der Waals surface area contributed by atoms with Crippen molar-refractivity contribution < 1.29 is 13.6 Å². The van der Waals surface area contributed by atoms with Crippen molar-refractivity contribution in [1.82, 2.24) is 8.97 Å². The molecule has 0 aliphatic rings. The highest BCUT2D eigenvalue weighted by Gasteiger charge is 2.29. The topological polar surface area (TPSA) is 69.8 Å². The van der Waals surface area contributed by atoms with E-state index in [-0.39, 0.29) is 17.1 Å². The van der Waals surface area contributed by atoms with Crippen LogP contribution in [0.15, 0.2) is 99.2 Å². The van der Waals surface area contributed by atoms with Gasteiger partial charge in [-0.3, -0.25) is 14.2 Å². The molecule has 0 fully saturated rings. The highest BCUT2D eigenvalue weighted by atomic mass is 16.3. The van der Waals surface area contributed by atoms with Crippen LogP contribution in [-0.2, 0) is 0 Å². The van der Waals surface area contributed by atoms with Gasteiger partial charge in [0.1, 0.15) is 11.5 Å².